The van der Waals surface area contributed by atoms with Crippen LogP contribution in [0, 0.1) is 6.92 Å². The molecule has 0 saturated carbocycles. The number of nitrogens with one attached hydrogen (secondary N) is 2. The molecule has 2 aromatic carbocycles. The summed E-state index contributed by atoms with van der Waals surface area (Å²) in [6, 6.07) is 14.6. The maximum atomic E-state index is 12.9. The Morgan fingerprint density at radius 3 is 2.52 bits per heavy atom. The number of hydrogen-bond donors (Lipinski definition) is 2. The third-order valence-electron chi connectivity index (χ3n) is 4.95. The van der Waals surface area contributed by atoms with Crippen LogP contribution in [-0.4, -0.2) is 34.9 Å². The molecule has 2 aromatic heterocycles. The maximum Gasteiger partial charge on any atom is 0.266 e. The van der Waals surface area contributed by atoms with Crippen LogP contribution >= 0.6 is 22.9 Å². The van der Waals surface area contributed by atoms with Crippen molar-refractivity contribution in [1.82, 2.24) is 14.9 Å². The lowest BCUT2D eigenvalue weighted by atomic mass is 10.2. The molecule has 4 rings (SSSR count). The minimum atomic E-state index is -0.279. The van der Waals surface area contributed by atoms with Crippen LogP contribution in [0.25, 0.3) is 10.2 Å². The van der Waals surface area contributed by atoms with E-state index >= 15 is 0 Å². The van der Waals surface area contributed by atoms with Gasteiger partial charge in [-0.15, -0.1) is 11.3 Å². The van der Waals surface area contributed by atoms with Crippen LogP contribution in [0.2, 0.25) is 5.02 Å². The lowest BCUT2D eigenvalue weighted by Crippen LogP contribution is -2.18. The molecule has 2 N–H and O–H groups in total. The summed E-state index contributed by atoms with van der Waals surface area (Å²) in [4.78, 5) is 35.7. The highest BCUT2D eigenvalue weighted by atomic mass is 35.5. The van der Waals surface area contributed by atoms with Gasteiger partial charge in [0.15, 0.2) is 0 Å². The van der Waals surface area contributed by atoms with E-state index in [1.165, 1.54) is 11.3 Å². The van der Waals surface area contributed by atoms with Crippen molar-refractivity contribution < 1.29 is 9.53 Å². The van der Waals surface area contributed by atoms with Gasteiger partial charge in [0.25, 0.3) is 11.5 Å². The molecule has 0 unspecified atom stereocenters. The molecule has 7 nitrogen and oxygen atoms in total. The quantitative estimate of drug-likeness (QED) is 0.393. The smallest absolute Gasteiger partial charge is 0.266 e. The van der Waals surface area contributed by atoms with Crippen LogP contribution in [0.15, 0.2) is 53.3 Å². The van der Waals surface area contributed by atoms with Crippen LogP contribution in [0.4, 0.5) is 5.69 Å². The summed E-state index contributed by atoms with van der Waals surface area (Å²) in [7, 11) is 3.80. The van der Waals surface area contributed by atoms with Crippen LogP contribution in [-0.2, 0) is 13.2 Å². The summed E-state index contributed by atoms with van der Waals surface area (Å²) >= 11 is 7.12. The highest BCUT2D eigenvalue weighted by Gasteiger charge is 2.19. The Kier molecular flexibility index (Phi) is 6.78. The van der Waals surface area contributed by atoms with E-state index in [0.717, 1.165) is 5.56 Å². The van der Waals surface area contributed by atoms with Gasteiger partial charge >= 0.3 is 0 Å². The zero-order valence-electron chi connectivity index (χ0n) is 18.4. The number of anilines is 1. The van der Waals surface area contributed by atoms with E-state index < -0.39 is 0 Å². The number of nitrogens with zero attached hydrogens (tertiary/aromatic N) is 2. The minimum absolute atomic E-state index is 0.230. The molecular formula is C24H23ClN4O3S. The Balaban J connectivity index is 1.46. The van der Waals surface area contributed by atoms with Crippen molar-refractivity contribution in [3.63, 3.8) is 0 Å². The number of ether oxygens (including phenoxy) is 1. The summed E-state index contributed by atoms with van der Waals surface area (Å²) in [5, 5.41) is 4.03. The monoisotopic (exact) mass is 482 g/mol. The fourth-order valence-corrected chi connectivity index (χ4v) is 4.57. The van der Waals surface area contributed by atoms with Crippen molar-refractivity contribution in [2.24, 2.45) is 0 Å². The Morgan fingerprint density at radius 1 is 1.15 bits per heavy atom. The molecule has 0 radical (unpaired) electrons. The number of amides is 1. The van der Waals surface area contributed by atoms with Gasteiger partial charge in [-0.25, -0.2) is 4.98 Å². The number of carbonyl (C=O) groups excluding carboxylic acids is 1. The van der Waals surface area contributed by atoms with Gasteiger partial charge in [0.05, 0.1) is 16.8 Å². The van der Waals surface area contributed by atoms with Crippen LogP contribution in [0.3, 0.4) is 0 Å². The lowest BCUT2D eigenvalue weighted by molar-refractivity contribution is 0.103. The Labute approximate surface area is 200 Å². The summed E-state index contributed by atoms with van der Waals surface area (Å²) in [6.45, 7) is 2.70. The molecule has 1 amide bonds. The third-order valence-corrected chi connectivity index (χ3v) is 6.39. The topological polar surface area (TPSA) is 87.3 Å². The zero-order valence-corrected chi connectivity index (χ0v) is 20.0. The molecule has 0 aliphatic rings. The largest absolute Gasteiger partial charge is 0.489 e. The van der Waals surface area contributed by atoms with Gasteiger partial charge in [-0.1, -0.05) is 23.7 Å². The average molecular weight is 483 g/mol. The second-order valence-corrected chi connectivity index (χ2v) is 9.32. The first-order chi connectivity index (χ1) is 15.8. The number of benzene rings is 2. The number of aromatic amines is 1. The first kappa shape index (κ1) is 23.0. The van der Waals surface area contributed by atoms with Gasteiger partial charge in [0.1, 0.15) is 23.0 Å². The number of thiophene rings is 1. The van der Waals surface area contributed by atoms with Crippen molar-refractivity contribution in [1.29, 1.82) is 0 Å². The number of hydrogen-bond acceptors (Lipinski definition) is 6. The molecule has 33 heavy (non-hydrogen) atoms. The normalized spacial score (nSPS) is 11.2. The molecule has 0 atom stereocenters. The second-order valence-electron chi connectivity index (χ2n) is 7.88. The van der Waals surface area contributed by atoms with Crippen molar-refractivity contribution >= 4 is 44.7 Å². The van der Waals surface area contributed by atoms with Gasteiger partial charge < -0.3 is 19.9 Å². The molecule has 0 spiro atoms. The number of aromatic nitrogens is 2. The van der Waals surface area contributed by atoms with Crippen molar-refractivity contribution in [2.45, 2.75) is 20.1 Å². The summed E-state index contributed by atoms with van der Waals surface area (Å²) < 4.78 is 5.78. The molecule has 0 fully saturated rings. The molecular weight excluding hydrogens is 460 g/mol. The number of H-pyrrole nitrogens is 1. The van der Waals surface area contributed by atoms with Crippen molar-refractivity contribution in [3.8, 4) is 5.75 Å². The summed E-state index contributed by atoms with van der Waals surface area (Å²) in [5.41, 5.74) is 2.03. The number of rotatable bonds is 7. The van der Waals surface area contributed by atoms with E-state index in [4.69, 9.17) is 16.3 Å². The average Bonchev–Trinajstić information content (AvgIpc) is 3.10. The van der Waals surface area contributed by atoms with E-state index in [1.54, 1.807) is 31.2 Å². The standard InChI is InChI=1S/C24H23ClN4O3S/c1-14-20-22(30)27-19(12-29(2)3)28-24(20)33-21(14)23(31)26-17-8-10-18(11-9-17)32-13-15-4-6-16(25)7-5-15/h4-11H,12-13H2,1-3H3,(H,26,31)(H,27,28,30). The number of carbonyl (C=O) groups is 1. The molecule has 9 heteroatoms. The second kappa shape index (κ2) is 9.74. The van der Waals surface area contributed by atoms with Crippen LogP contribution in [0.5, 0.6) is 5.75 Å². The lowest BCUT2D eigenvalue weighted by Gasteiger charge is -2.08. The molecule has 2 heterocycles. The number of fused-ring (bicyclic) bond motifs is 1. The van der Waals surface area contributed by atoms with E-state index in [0.29, 0.717) is 56.1 Å². The van der Waals surface area contributed by atoms with Gasteiger partial charge in [-0.05, 0) is 68.5 Å². The predicted octanol–water partition coefficient (Wildman–Crippen LogP) is 4.84. The highest BCUT2D eigenvalue weighted by molar-refractivity contribution is 7.20. The molecule has 0 saturated heterocycles. The number of halogens is 1. The number of aryl methyl sites for hydroxylation is 1. The van der Waals surface area contributed by atoms with Gasteiger partial charge in [0.2, 0.25) is 0 Å². The van der Waals surface area contributed by atoms with Crippen LogP contribution in [0.1, 0.15) is 26.6 Å². The Morgan fingerprint density at radius 2 is 1.85 bits per heavy atom. The summed E-state index contributed by atoms with van der Waals surface area (Å²) in [5.74, 6) is 0.976. The van der Waals surface area contributed by atoms with E-state index in [1.807, 2.05) is 43.3 Å². The van der Waals surface area contributed by atoms with E-state index in [9.17, 15) is 9.59 Å². The fraction of sp³-hybridized carbons (Fsp3) is 0.208. The van der Waals surface area contributed by atoms with Crippen LogP contribution < -0.4 is 15.6 Å². The first-order valence-corrected chi connectivity index (χ1v) is 11.5. The third kappa shape index (κ3) is 5.42. The predicted molar refractivity (Wildman–Crippen MR) is 133 cm³/mol. The first-order valence-electron chi connectivity index (χ1n) is 10.3. The van der Waals surface area contributed by atoms with Crippen molar-refractivity contribution in [3.05, 3.63) is 85.7 Å². The SMILES string of the molecule is Cc1c(C(=O)Nc2ccc(OCc3ccc(Cl)cc3)cc2)sc2nc(CN(C)C)[nH]c(=O)c12. The Bertz CT molecular complexity index is 1350. The maximum absolute atomic E-state index is 12.9. The van der Waals surface area contributed by atoms with Crippen molar-refractivity contribution in [2.75, 3.05) is 19.4 Å². The Hall–Kier alpha value is -3.20. The molecule has 0 bridgehead atoms. The molecule has 0 aliphatic heterocycles. The fourth-order valence-electron chi connectivity index (χ4n) is 3.35. The summed E-state index contributed by atoms with van der Waals surface area (Å²) in [6.07, 6.45) is 0. The van der Waals surface area contributed by atoms with Gasteiger partial charge in [0, 0.05) is 10.7 Å². The molecule has 0 aliphatic carbocycles. The molecule has 4 aromatic rings. The minimum Gasteiger partial charge on any atom is -0.489 e. The van der Waals surface area contributed by atoms with Gasteiger partial charge in [-0.2, -0.15) is 0 Å². The molecule has 170 valence electrons. The van der Waals surface area contributed by atoms with Gasteiger partial charge in [-0.3, -0.25) is 9.59 Å². The highest BCUT2D eigenvalue weighted by Crippen LogP contribution is 2.28. The zero-order chi connectivity index (χ0) is 23.5. The van der Waals surface area contributed by atoms with E-state index in [2.05, 4.69) is 15.3 Å². The van der Waals surface area contributed by atoms with E-state index in [-0.39, 0.29) is 11.5 Å².